The predicted octanol–water partition coefficient (Wildman–Crippen LogP) is 9.34. The fraction of sp³-hybridized carbons (Fsp3) is 0.517. The molecule has 0 heterocycles. The Morgan fingerprint density at radius 2 is 1.22 bits per heavy atom. The van der Waals surface area contributed by atoms with Crippen LogP contribution in [0.1, 0.15) is 68.4 Å². The Bertz CT molecular complexity index is 1050. The Balaban J connectivity index is 1.22. The van der Waals surface area contributed by atoms with Gasteiger partial charge in [0.15, 0.2) is 0 Å². The Kier molecular flexibility index (Phi) is 8.44. The molecule has 37 heavy (non-hydrogen) atoms. The van der Waals surface area contributed by atoms with Crippen LogP contribution in [0.3, 0.4) is 0 Å². The molecule has 0 spiro atoms. The third kappa shape index (κ3) is 7.68. The maximum atomic E-state index is 14.7. The monoisotopic (exact) mass is 526 g/mol. The molecule has 0 N–H and O–H groups in total. The Morgan fingerprint density at radius 1 is 0.703 bits per heavy atom. The molecule has 0 saturated heterocycles. The standard InChI is InChI=1S/C29H32F6O2/c1-19-2-17-26(27(30)18-19)22-9-5-20(6-10-22)3-4-21-7-11-23(12-8-21)28(31,32)36-24-13-15-25(16-14-24)37-29(33,34)35/h2-4,13-18,20-23H,5-12H2,1H3/b4-3+. The SMILES string of the molecule is Cc1ccc(C2CCC(/C=C/C3CCC(C(F)(F)Oc4ccc(OC(F)(F)F)cc4)CC3)CC2)c(F)c1. The van der Waals surface area contributed by atoms with E-state index in [-0.39, 0.29) is 23.4 Å². The minimum Gasteiger partial charge on any atom is -0.432 e. The number of allylic oxidation sites excluding steroid dienone is 2. The lowest BCUT2D eigenvalue weighted by molar-refractivity contribution is -0.274. The molecule has 2 saturated carbocycles. The summed E-state index contributed by atoms with van der Waals surface area (Å²) < 4.78 is 89.1. The van der Waals surface area contributed by atoms with Crippen LogP contribution in [-0.4, -0.2) is 12.5 Å². The molecular formula is C29H32F6O2. The number of halogens is 6. The molecule has 2 nitrogen and oxygen atoms in total. The molecule has 0 aliphatic heterocycles. The van der Waals surface area contributed by atoms with E-state index in [0.717, 1.165) is 61.1 Å². The van der Waals surface area contributed by atoms with Gasteiger partial charge < -0.3 is 9.47 Å². The average molecular weight is 527 g/mol. The van der Waals surface area contributed by atoms with Crippen LogP contribution in [-0.2, 0) is 0 Å². The molecule has 0 bridgehead atoms. The van der Waals surface area contributed by atoms with Crippen molar-refractivity contribution in [2.24, 2.45) is 17.8 Å². The van der Waals surface area contributed by atoms with Gasteiger partial charge in [-0.05, 0) is 118 Å². The van der Waals surface area contributed by atoms with Crippen LogP contribution in [0, 0.1) is 30.5 Å². The highest BCUT2D eigenvalue weighted by molar-refractivity contribution is 5.31. The van der Waals surface area contributed by atoms with Crippen molar-refractivity contribution >= 4 is 0 Å². The van der Waals surface area contributed by atoms with Gasteiger partial charge in [0, 0.05) is 0 Å². The lowest BCUT2D eigenvalue weighted by Crippen LogP contribution is -2.37. The number of aryl methyl sites for hydroxylation is 1. The van der Waals surface area contributed by atoms with Crippen LogP contribution in [0.5, 0.6) is 11.5 Å². The summed E-state index contributed by atoms with van der Waals surface area (Å²) in [6.45, 7) is 1.88. The van der Waals surface area contributed by atoms with E-state index in [2.05, 4.69) is 16.9 Å². The molecule has 2 aromatic rings. The summed E-state index contributed by atoms with van der Waals surface area (Å²) >= 11 is 0. The van der Waals surface area contributed by atoms with E-state index in [1.807, 2.05) is 19.1 Å². The molecule has 0 unspecified atom stereocenters. The van der Waals surface area contributed by atoms with Gasteiger partial charge in [-0.25, -0.2) is 4.39 Å². The first-order valence-corrected chi connectivity index (χ1v) is 12.9. The van der Waals surface area contributed by atoms with Crippen molar-refractivity contribution in [3.63, 3.8) is 0 Å². The van der Waals surface area contributed by atoms with Crippen molar-refractivity contribution in [2.45, 2.75) is 76.7 Å². The average Bonchev–Trinajstić information content (AvgIpc) is 2.84. The molecule has 0 atom stereocenters. The molecule has 2 fully saturated rings. The van der Waals surface area contributed by atoms with E-state index in [1.54, 1.807) is 6.07 Å². The molecule has 8 heteroatoms. The lowest BCUT2D eigenvalue weighted by Gasteiger charge is -2.32. The van der Waals surface area contributed by atoms with Gasteiger partial charge in [0.1, 0.15) is 17.3 Å². The lowest BCUT2D eigenvalue weighted by atomic mass is 9.77. The van der Waals surface area contributed by atoms with Crippen LogP contribution in [0.4, 0.5) is 26.3 Å². The van der Waals surface area contributed by atoms with E-state index >= 15 is 0 Å². The number of benzene rings is 2. The summed E-state index contributed by atoms with van der Waals surface area (Å²) in [5.41, 5.74) is 1.73. The van der Waals surface area contributed by atoms with Gasteiger partial charge in [0.25, 0.3) is 0 Å². The summed E-state index contributed by atoms with van der Waals surface area (Å²) in [6.07, 6.45) is 1.83. The van der Waals surface area contributed by atoms with Crippen molar-refractivity contribution in [3.8, 4) is 11.5 Å². The van der Waals surface area contributed by atoms with Crippen LogP contribution in [0.15, 0.2) is 54.6 Å². The molecule has 0 radical (unpaired) electrons. The first-order valence-electron chi connectivity index (χ1n) is 12.9. The molecule has 4 rings (SSSR count). The van der Waals surface area contributed by atoms with E-state index < -0.39 is 24.1 Å². The summed E-state index contributed by atoms with van der Waals surface area (Å²) in [5, 5.41) is 0. The normalized spacial score (nSPS) is 25.3. The van der Waals surface area contributed by atoms with Crippen molar-refractivity contribution in [3.05, 3.63) is 71.6 Å². The molecular weight excluding hydrogens is 494 g/mol. The van der Waals surface area contributed by atoms with Gasteiger partial charge >= 0.3 is 12.5 Å². The van der Waals surface area contributed by atoms with E-state index in [4.69, 9.17) is 4.74 Å². The number of rotatable bonds is 7. The minimum atomic E-state index is -4.85. The third-order valence-corrected chi connectivity index (χ3v) is 7.58. The van der Waals surface area contributed by atoms with Crippen molar-refractivity contribution in [1.82, 2.24) is 0 Å². The maximum absolute atomic E-state index is 14.7. The van der Waals surface area contributed by atoms with Crippen LogP contribution in [0.25, 0.3) is 0 Å². The highest BCUT2D eigenvalue weighted by atomic mass is 19.4. The van der Waals surface area contributed by atoms with Crippen LogP contribution < -0.4 is 9.47 Å². The zero-order valence-corrected chi connectivity index (χ0v) is 20.7. The second-order valence-corrected chi connectivity index (χ2v) is 10.3. The van der Waals surface area contributed by atoms with E-state index in [1.165, 1.54) is 0 Å². The largest absolute Gasteiger partial charge is 0.573 e. The topological polar surface area (TPSA) is 18.5 Å². The second kappa shape index (κ2) is 11.4. The number of ether oxygens (including phenoxy) is 2. The molecule has 2 aliphatic rings. The smallest absolute Gasteiger partial charge is 0.432 e. The number of hydrogen-bond donors (Lipinski definition) is 0. The molecule has 202 valence electrons. The van der Waals surface area contributed by atoms with Gasteiger partial charge in [-0.15, -0.1) is 13.2 Å². The first kappa shape index (κ1) is 27.4. The Morgan fingerprint density at radius 3 is 1.73 bits per heavy atom. The highest BCUT2D eigenvalue weighted by Crippen LogP contribution is 2.42. The summed E-state index contributed by atoms with van der Waals surface area (Å²) in [7, 11) is 0. The second-order valence-electron chi connectivity index (χ2n) is 10.3. The van der Waals surface area contributed by atoms with Crippen molar-refractivity contribution < 1.29 is 35.8 Å². The summed E-state index contributed by atoms with van der Waals surface area (Å²) in [5.74, 6) is -0.869. The number of hydrogen-bond acceptors (Lipinski definition) is 2. The van der Waals surface area contributed by atoms with Gasteiger partial charge in [-0.1, -0.05) is 24.3 Å². The summed E-state index contributed by atoms with van der Waals surface area (Å²) in [6, 6.07) is 9.45. The van der Waals surface area contributed by atoms with Gasteiger partial charge in [0.2, 0.25) is 0 Å². The van der Waals surface area contributed by atoms with Crippen LogP contribution in [0.2, 0.25) is 0 Å². The fourth-order valence-electron chi connectivity index (χ4n) is 5.50. The summed E-state index contributed by atoms with van der Waals surface area (Å²) in [4.78, 5) is 0. The highest BCUT2D eigenvalue weighted by Gasteiger charge is 2.43. The van der Waals surface area contributed by atoms with Gasteiger partial charge in [-0.2, -0.15) is 8.78 Å². The van der Waals surface area contributed by atoms with E-state index in [9.17, 15) is 26.3 Å². The molecule has 2 aliphatic carbocycles. The van der Waals surface area contributed by atoms with Gasteiger partial charge in [0.05, 0.1) is 5.92 Å². The third-order valence-electron chi connectivity index (χ3n) is 7.58. The van der Waals surface area contributed by atoms with E-state index in [0.29, 0.717) is 31.6 Å². The maximum Gasteiger partial charge on any atom is 0.573 e. The zero-order valence-electron chi connectivity index (χ0n) is 20.7. The Labute approximate surface area is 213 Å². The van der Waals surface area contributed by atoms with Crippen molar-refractivity contribution in [2.75, 3.05) is 0 Å². The molecule has 0 aromatic heterocycles. The first-order chi connectivity index (χ1) is 17.5. The predicted molar refractivity (Wildman–Crippen MR) is 129 cm³/mol. The molecule has 0 amide bonds. The quantitative estimate of drug-likeness (QED) is 0.264. The van der Waals surface area contributed by atoms with Crippen molar-refractivity contribution in [1.29, 1.82) is 0 Å². The van der Waals surface area contributed by atoms with Gasteiger partial charge in [-0.3, -0.25) is 0 Å². The zero-order chi connectivity index (χ0) is 26.6. The minimum absolute atomic E-state index is 0.121. The molecule has 2 aromatic carbocycles. The Hall–Kier alpha value is -2.64. The fourth-order valence-corrected chi connectivity index (χ4v) is 5.50. The number of alkyl halides is 5. The van der Waals surface area contributed by atoms with Crippen LogP contribution >= 0.6 is 0 Å².